The molecule has 3 rings (SSSR count). The Bertz CT molecular complexity index is 762. The highest BCUT2D eigenvalue weighted by Gasteiger charge is 2.42. The summed E-state index contributed by atoms with van der Waals surface area (Å²) >= 11 is 1.44. The smallest absolute Gasteiger partial charge is 0.303 e. The van der Waals surface area contributed by atoms with Gasteiger partial charge in [0, 0.05) is 18.2 Å². The van der Waals surface area contributed by atoms with Crippen molar-refractivity contribution in [2.75, 3.05) is 6.67 Å². The molecule has 0 aromatic carbocycles. The number of unbranched alkanes of at least 4 members (excludes halogenated alkanes) is 1. The number of nitrogens with zero attached hydrogens (tertiary/aromatic N) is 2. The Morgan fingerprint density at radius 2 is 2.23 bits per heavy atom. The van der Waals surface area contributed by atoms with E-state index in [0.717, 1.165) is 42.8 Å². The van der Waals surface area contributed by atoms with Gasteiger partial charge in [0.2, 0.25) is 5.91 Å². The molecule has 1 aromatic rings. The van der Waals surface area contributed by atoms with Crippen LogP contribution < -0.4 is 0 Å². The Balaban J connectivity index is 1.58. The van der Waals surface area contributed by atoms with Crippen LogP contribution in [0.2, 0.25) is 0 Å². The quantitative estimate of drug-likeness (QED) is 0.382. The Kier molecular flexibility index (Phi) is 7.99. The minimum Gasteiger partial charge on any atom is -0.481 e. The molecule has 1 amide bonds. The summed E-state index contributed by atoms with van der Waals surface area (Å²) in [6.07, 6.45) is 10.1. The number of halogens is 1. The Hall–Kier alpha value is -1.80. The van der Waals surface area contributed by atoms with Crippen molar-refractivity contribution < 1.29 is 24.2 Å². The number of amides is 1. The molecule has 30 heavy (non-hydrogen) atoms. The first-order valence-electron chi connectivity index (χ1n) is 10.8. The molecule has 1 saturated carbocycles. The van der Waals surface area contributed by atoms with Gasteiger partial charge in [0.1, 0.15) is 5.01 Å². The zero-order valence-corrected chi connectivity index (χ0v) is 18.1. The van der Waals surface area contributed by atoms with E-state index in [1.165, 1.54) is 11.3 Å². The van der Waals surface area contributed by atoms with Crippen LogP contribution in [-0.4, -0.2) is 50.8 Å². The van der Waals surface area contributed by atoms with Crippen molar-refractivity contribution >= 4 is 23.2 Å². The molecule has 1 aliphatic heterocycles. The van der Waals surface area contributed by atoms with Crippen LogP contribution in [0.25, 0.3) is 0 Å². The van der Waals surface area contributed by atoms with Crippen LogP contribution >= 0.6 is 11.3 Å². The van der Waals surface area contributed by atoms with Gasteiger partial charge in [-0.2, -0.15) is 0 Å². The van der Waals surface area contributed by atoms with Gasteiger partial charge in [-0.25, -0.2) is 4.98 Å². The van der Waals surface area contributed by atoms with Crippen molar-refractivity contribution in [3.05, 3.63) is 28.2 Å². The highest BCUT2D eigenvalue weighted by atomic mass is 32.1. The first-order valence-corrected chi connectivity index (χ1v) is 11.7. The molecule has 1 saturated heterocycles. The van der Waals surface area contributed by atoms with Crippen molar-refractivity contribution in [3.8, 4) is 0 Å². The molecular weight excluding hydrogens is 407 g/mol. The monoisotopic (exact) mass is 438 g/mol. The number of rotatable bonds is 12. The second kappa shape index (κ2) is 10.5. The molecule has 0 radical (unpaired) electrons. The summed E-state index contributed by atoms with van der Waals surface area (Å²) in [5, 5.41) is 22.2. The molecule has 1 aliphatic carbocycles. The second-order valence-corrected chi connectivity index (χ2v) is 9.39. The molecule has 2 atom stereocenters. The zero-order valence-electron chi connectivity index (χ0n) is 17.3. The van der Waals surface area contributed by atoms with Crippen molar-refractivity contribution in [3.63, 3.8) is 0 Å². The fraction of sp³-hybridized carbons (Fsp3) is 0.682. The van der Waals surface area contributed by atoms with E-state index in [-0.39, 0.29) is 30.5 Å². The maximum absolute atomic E-state index is 12.4. The summed E-state index contributed by atoms with van der Waals surface area (Å²) in [6.45, 7) is 0.0965. The fourth-order valence-electron chi connectivity index (χ4n) is 4.41. The lowest BCUT2D eigenvalue weighted by molar-refractivity contribution is -0.137. The van der Waals surface area contributed by atoms with Crippen molar-refractivity contribution in [2.45, 2.75) is 82.9 Å². The minimum absolute atomic E-state index is 0.0438. The molecule has 1 aromatic heterocycles. The summed E-state index contributed by atoms with van der Waals surface area (Å²) in [5.74, 6) is -0.778. The topological polar surface area (TPSA) is 90.7 Å². The maximum atomic E-state index is 12.4. The first-order chi connectivity index (χ1) is 14.4. The molecule has 2 fully saturated rings. The molecule has 2 heterocycles. The number of carboxylic acid groups (broad SMARTS) is 1. The van der Waals surface area contributed by atoms with Gasteiger partial charge in [0.25, 0.3) is 0 Å². The number of carboxylic acids is 1. The van der Waals surface area contributed by atoms with Crippen molar-refractivity contribution in [1.29, 1.82) is 0 Å². The number of hydrogen-bond donors (Lipinski definition) is 2. The highest BCUT2D eigenvalue weighted by Crippen LogP contribution is 2.48. The summed E-state index contributed by atoms with van der Waals surface area (Å²) in [7, 11) is 0. The minimum atomic E-state index is -0.850. The number of likely N-dealkylation sites (tertiary alicyclic amines) is 1. The Morgan fingerprint density at radius 3 is 2.90 bits per heavy atom. The van der Waals surface area contributed by atoms with E-state index in [9.17, 15) is 19.1 Å². The van der Waals surface area contributed by atoms with E-state index in [1.54, 1.807) is 4.90 Å². The van der Waals surface area contributed by atoms with E-state index in [2.05, 4.69) is 4.98 Å². The van der Waals surface area contributed by atoms with E-state index < -0.39 is 12.1 Å². The molecule has 6 nitrogen and oxygen atoms in total. The third-order valence-corrected chi connectivity index (χ3v) is 7.31. The van der Waals surface area contributed by atoms with Gasteiger partial charge in [-0.3, -0.25) is 14.0 Å². The van der Waals surface area contributed by atoms with Crippen LogP contribution in [0.4, 0.5) is 4.39 Å². The number of carbonyl (C=O) groups excluding carboxylic acids is 1. The van der Waals surface area contributed by atoms with Crippen LogP contribution in [0.1, 0.15) is 68.5 Å². The van der Waals surface area contributed by atoms with Gasteiger partial charge in [-0.1, -0.05) is 25.0 Å². The van der Waals surface area contributed by atoms with Crippen LogP contribution in [0.5, 0.6) is 0 Å². The number of aromatic nitrogens is 1. The zero-order chi connectivity index (χ0) is 21.6. The summed E-state index contributed by atoms with van der Waals surface area (Å²) < 4.78 is 12.4. The van der Waals surface area contributed by atoms with Gasteiger partial charge >= 0.3 is 5.97 Å². The van der Waals surface area contributed by atoms with Crippen LogP contribution in [-0.2, 0) is 22.6 Å². The average Bonchev–Trinajstić information content (AvgIpc) is 3.28. The van der Waals surface area contributed by atoms with E-state index in [4.69, 9.17) is 5.11 Å². The molecular formula is C22H31FN2O4S. The number of aliphatic hydroxyl groups excluding tert-OH is 1. The lowest BCUT2D eigenvalue weighted by Gasteiger charge is -2.45. The van der Waals surface area contributed by atoms with Crippen LogP contribution in [0.3, 0.4) is 0 Å². The van der Waals surface area contributed by atoms with E-state index in [0.29, 0.717) is 32.2 Å². The first kappa shape index (κ1) is 22.9. The molecule has 2 N–H and O–H groups in total. The van der Waals surface area contributed by atoms with Gasteiger partial charge in [-0.05, 0) is 37.5 Å². The molecule has 0 spiro atoms. The van der Waals surface area contributed by atoms with E-state index >= 15 is 0 Å². The number of thiazole rings is 1. The highest BCUT2D eigenvalue weighted by molar-refractivity contribution is 7.09. The standard InChI is InChI=1S/C22H31FN2O4S/c23-13-2-1-10-22(11-3-12-22)18(26)7-5-17-6-8-20(27)25(17)14-19-24-16(15-30-19)4-9-21(28)29/h5,7,15,17-18,26H,1-4,6,8-14H2,(H,28,29)/t17-,18+/m0/s1. The number of aliphatic carboxylic acids is 1. The number of carbonyl (C=O) groups is 2. The third-order valence-electron chi connectivity index (χ3n) is 6.43. The maximum Gasteiger partial charge on any atom is 0.303 e. The van der Waals surface area contributed by atoms with Crippen molar-refractivity contribution in [2.24, 2.45) is 5.41 Å². The van der Waals surface area contributed by atoms with E-state index in [1.807, 2.05) is 17.5 Å². The molecule has 2 aliphatic rings. The number of alkyl halides is 1. The average molecular weight is 439 g/mol. The van der Waals surface area contributed by atoms with Gasteiger partial charge in [-0.15, -0.1) is 11.3 Å². The van der Waals surface area contributed by atoms with Crippen molar-refractivity contribution in [1.82, 2.24) is 9.88 Å². The summed E-state index contributed by atoms with van der Waals surface area (Å²) in [4.78, 5) is 29.4. The summed E-state index contributed by atoms with van der Waals surface area (Å²) in [5.41, 5.74) is 0.611. The lowest BCUT2D eigenvalue weighted by atomic mass is 9.62. The number of aryl methyl sites for hydroxylation is 1. The van der Waals surface area contributed by atoms with Gasteiger partial charge in [0.15, 0.2) is 0 Å². The molecule has 8 heteroatoms. The SMILES string of the molecule is O=C(O)CCc1csc(CN2C(=O)CC[C@@H]2C=C[C@@H](O)C2(CCCCF)CCC2)n1. The Labute approximate surface area is 180 Å². The third kappa shape index (κ3) is 5.66. The molecule has 166 valence electrons. The second-order valence-electron chi connectivity index (χ2n) is 8.45. The summed E-state index contributed by atoms with van der Waals surface area (Å²) in [6, 6.07) is -0.0681. The predicted molar refractivity (Wildman–Crippen MR) is 113 cm³/mol. The Morgan fingerprint density at radius 1 is 1.43 bits per heavy atom. The van der Waals surface area contributed by atoms with Crippen LogP contribution in [0.15, 0.2) is 17.5 Å². The number of aliphatic hydroxyl groups is 1. The fourth-order valence-corrected chi connectivity index (χ4v) is 5.24. The molecule has 0 unspecified atom stereocenters. The van der Waals surface area contributed by atoms with Gasteiger partial charge < -0.3 is 15.1 Å². The van der Waals surface area contributed by atoms with Crippen LogP contribution in [0, 0.1) is 5.41 Å². The predicted octanol–water partition coefficient (Wildman–Crippen LogP) is 3.88. The normalized spacial score (nSPS) is 21.9. The largest absolute Gasteiger partial charge is 0.481 e. The number of hydrogen-bond acceptors (Lipinski definition) is 5. The lowest BCUT2D eigenvalue weighted by Crippen LogP contribution is -2.40. The molecule has 0 bridgehead atoms. The van der Waals surface area contributed by atoms with Gasteiger partial charge in [0.05, 0.1) is 37.5 Å².